The van der Waals surface area contributed by atoms with Gasteiger partial charge in [-0.05, 0) is 5.56 Å². The Morgan fingerprint density at radius 1 is 1.38 bits per heavy atom. The van der Waals surface area contributed by atoms with E-state index in [1.807, 2.05) is 36.4 Å². The van der Waals surface area contributed by atoms with Gasteiger partial charge >= 0.3 is 0 Å². The van der Waals surface area contributed by atoms with E-state index in [0.717, 1.165) is 5.56 Å². The van der Waals surface area contributed by atoms with Crippen LogP contribution in [0.1, 0.15) is 12.0 Å². The van der Waals surface area contributed by atoms with E-state index in [1.54, 1.807) is 6.08 Å². The summed E-state index contributed by atoms with van der Waals surface area (Å²) in [4.78, 5) is 0. The Morgan fingerprint density at radius 3 is 2.69 bits per heavy atom. The van der Waals surface area contributed by atoms with Crippen molar-refractivity contribution >= 4 is 6.08 Å². The highest BCUT2D eigenvalue weighted by Crippen LogP contribution is 2.02. The number of aliphatic hydroxyl groups excluding tert-OH is 1. The van der Waals surface area contributed by atoms with E-state index in [9.17, 15) is 5.11 Å². The van der Waals surface area contributed by atoms with Gasteiger partial charge in [-0.3, -0.25) is 0 Å². The molecule has 13 heavy (non-hydrogen) atoms. The van der Waals surface area contributed by atoms with E-state index in [0.29, 0.717) is 6.42 Å². The predicted octanol–water partition coefficient (Wildman–Crippen LogP) is 2.08. The van der Waals surface area contributed by atoms with Crippen LogP contribution in [0.25, 0.3) is 6.08 Å². The third-order valence-electron chi connectivity index (χ3n) is 1.64. The number of terminal acetylenes is 1. The zero-order chi connectivity index (χ0) is 9.52. The Morgan fingerprint density at radius 2 is 2.08 bits per heavy atom. The highest BCUT2D eigenvalue weighted by Gasteiger charge is 1.93. The molecule has 1 aromatic rings. The summed E-state index contributed by atoms with van der Waals surface area (Å²) >= 11 is 0. The lowest BCUT2D eigenvalue weighted by atomic mass is 10.1. The topological polar surface area (TPSA) is 20.2 Å². The highest BCUT2D eigenvalue weighted by atomic mass is 16.3. The average Bonchev–Trinajstić information content (AvgIpc) is 2.17. The largest absolute Gasteiger partial charge is 0.388 e. The van der Waals surface area contributed by atoms with Crippen LogP contribution in [0.5, 0.6) is 0 Å². The third kappa shape index (κ3) is 3.59. The molecule has 1 N–H and O–H groups in total. The lowest BCUT2D eigenvalue weighted by molar-refractivity contribution is 0.230. The van der Waals surface area contributed by atoms with Crippen molar-refractivity contribution in [2.24, 2.45) is 0 Å². The van der Waals surface area contributed by atoms with Gasteiger partial charge in [-0.25, -0.2) is 0 Å². The zero-order valence-electron chi connectivity index (χ0n) is 7.35. The third-order valence-corrected chi connectivity index (χ3v) is 1.64. The van der Waals surface area contributed by atoms with Crippen LogP contribution < -0.4 is 0 Å². The van der Waals surface area contributed by atoms with Gasteiger partial charge in [0.2, 0.25) is 0 Å². The summed E-state index contributed by atoms with van der Waals surface area (Å²) < 4.78 is 0. The van der Waals surface area contributed by atoms with E-state index < -0.39 is 6.10 Å². The lowest BCUT2D eigenvalue weighted by Gasteiger charge is -1.98. The first-order valence-electron chi connectivity index (χ1n) is 4.17. The van der Waals surface area contributed by atoms with E-state index in [4.69, 9.17) is 6.42 Å². The van der Waals surface area contributed by atoms with Gasteiger partial charge in [0.15, 0.2) is 0 Å². The van der Waals surface area contributed by atoms with Gasteiger partial charge in [0, 0.05) is 6.42 Å². The van der Waals surface area contributed by atoms with Crippen molar-refractivity contribution in [3.8, 4) is 12.3 Å². The van der Waals surface area contributed by atoms with Crippen molar-refractivity contribution < 1.29 is 5.11 Å². The molecule has 1 heteroatoms. The Balaban J connectivity index is 2.55. The number of hydrogen-bond acceptors (Lipinski definition) is 1. The first-order valence-corrected chi connectivity index (χ1v) is 4.17. The number of hydrogen-bond donors (Lipinski definition) is 1. The maximum Gasteiger partial charge on any atom is 0.0833 e. The molecule has 1 unspecified atom stereocenters. The van der Waals surface area contributed by atoms with Crippen LogP contribution in [0.4, 0.5) is 0 Å². The molecule has 1 rings (SSSR count). The lowest BCUT2D eigenvalue weighted by Crippen LogP contribution is -1.98. The normalized spacial score (nSPS) is 12.6. The molecule has 0 aliphatic carbocycles. The molecule has 1 atom stereocenters. The van der Waals surface area contributed by atoms with Crippen LogP contribution in [-0.4, -0.2) is 11.2 Å². The predicted molar refractivity (Wildman–Crippen MR) is 54.9 cm³/mol. The monoisotopic (exact) mass is 172 g/mol. The average molecular weight is 172 g/mol. The van der Waals surface area contributed by atoms with Crippen LogP contribution in [-0.2, 0) is 0 Å². The Labute approximate surface area is 78.7 Å². The van der Waals surface area contributed by atoms with Crippen molar-refractivity contribution in [3.05, 3.63) is 42.0 Å². The van der Waals surface area contributed by atoms with Gasteiger partial charge < -0.3 is 5.11 Å². The second-order valence-electron chi connectivity index (χ2n) is 2.75. The van der Waals surface area contributed by atoms with Crippen LogP contribution in [0.2, 0.25) is 0 Å². The molecule has 0 radical (unpaired) electrons. The van der Waals surface area contributed by atoms with Crippen molar-refractivity contribution in [3.63, 3.8) is 0 Å². The summed E-state index contributed by atoms with van der Waals surface area (Å²) in [5, 5.41) is 9.28. The second-order valence-corrected chi connectivity index (χ2v) is 2.75. The van der Waals surface area contributed by atoms with Gasteiger partial charge in [0.1, 0.15) is 0 Å². The maximum atomic E-state index is 9.28. The van der Waals surface area contributed by atoms with Crippen molar-refractivity contribution in [2.45, 2.75) is 12.5 Å². The Hall–Kier alpha value is -1.52. The van der Waals surface area contributed by atoms with E-state index in [-0.39, 0.29) is 0 Å². The van der Waals surface area contributed by atoms with Gasteiger partial charge in [-0.2, -0.15) is 0 Å². The minimum atomic E-state index is -0.537. The van der Waals surface area contributed by atoms with Gasteiger partial charge in [-0.15, -0.1) is 12.3 Å². The fourth-order valence-electron chi connectivity index (χ4n) is 0.975. The summed E-state index contributed by atoms with van der Waals surface area (Å²) in [5.41, 5.74) is 1.07. The number of rotatable bonds is 3. The molecule has 1 nitrogen and oxygen atoms in total. The summed E-state index contributed by atoms with van der Waals surface area (Å²) in [5.74, 6) is 2.40. The van der Waals surface area contributed by atoms with Gasteiger partial charge in [0.25, 0.3) is 0 Å². The van der Waals surface area contributed by atoms with Gasteiger partial charge in [0.05, 0.1) is 6.10 Å². The first-order chi connectivity index (χ1) is 6.33. The van der Waals surface area contributed by atoms with Crippen molar-refractivity contribution in [1.82, 2.24) is 0 Å². The summed E-state index contributed by atoms with van der Waals surface area (Å²) in [6.45, 7) is 0. The van der Waals surface area contributed by atoms with E-state index in [2.05, 4.69) is 5.92 Å². The molecule has 0 aromatic heterocycles. The standard InChI is InChI=1S/C12H12O/c1-2-6-12(13)10-9-11-7-4-3-5-8-11/h1,3-5,7-10,12-13H,6H2. The van der Waals surface area contributed by atoms with Crippen LogP contribution >= 0.6 is 0 Å². The second kappa shape index (κ2) is 5.18. The molecular formula is C12H12O. The van der Waals surface area contributed by atoms with Crippen molar-refractivity contribution in [1.29, 1.82) is 0 Å². The van der Waals surface area contributed by atoms with E-state index >= 15 is 0 Å². The molecular weight excluding hydrogens is 160 g/mol. The van der Waals surface area contributed by atoms with Crippen molar-refractivity contribution in [2.75, 3.05) is 0 Å². The minimum Gasteiger partial charge on any atom is -0.388 e. The summed E-state index contributed by atoms with van der Waals surface area (Å²) in [6, 6.07) is 9.80. The molecule has 0 saturated heterocycles. The maximum absolute atomic E-state index is 9.28. The summed E-state index contributed by atoms with van der Waals surface area (Å²) in [6.07, 6.45) is 8.45. The molecule has 0 amide bonds. The molecule has 0 fully saturated rings. The molecule has 0 spiro atoms. The highest BCUT2D eigenvalue weighted by molar-refractivity contribution is 5.49. The molecule has 0 saturated carbocycles. The molecule has 1 aromatic carbocycles. The Kier molecular flexibility index (Phi) is 3.81. The van der Waals surface area contributed by atoms with Crippen LogP contribution in [0.15, 0.2) is 36.4 Å². The first kappa shape index (κ1) is 9.57. The fraction of sp³-hybridized carbons (Fsp3) is 0.167. The van der Waals surface area contributed by atoms with Gasteiger partial charge in [-0.1, -0.05) is 42.5 Å². The van der Waals surface area contributed by atoms with E-state index in [1.165, 1.54) is 0 Å². The minimum absolute atomic E-state index is 0.364. The van der Waals surface area contributed by atoms with Crippen LogP contribution in [0, 0.1) is 12.3 Å². The molecule has 0 aliphatic heterocycles. The molecule has 0 heterocycles. The Bertz CT molecular complexity index is 306. The fourth-order valence-corrected chi connectivity index (χ4v) is 0.975. The smallest absolute Gasteiger partial charge is 0.0833 e. The molecule has 0 bridgehead atoms. The molecule has 66 valence electrons. The number of benzene rings is 1. The number of aliphatic hydroxyl groups is 1. The zero-order valence-corrected chi connectivity index (χ0v) is 7.35. The molecule has 0 aliphatic rings. The quantitative estimate of drug-likeness (QED) is 0.692. The van der Waals surface area contributed by atoms with Crippen LogP contribution in [0.3, 0.4) is 0 Å². The summed E-state index contributed by atoms with van der Waals surface area (Å²) in [7, 11) is 0. The SMILES string of the molecule is C#CCC(O)C=Cc1ccccc1.